The molecule has 2 aromatic rings. The molecular weight excluding hydrogens is 323 g/mol. The summed E-state index contributed by atoms with van der Waals surface area (Å²) in [4.78, 5) is 11.7. The SMILES string of the molecule is Cc1cccc(Cl)c1N=NC(=O)NNc1c(C)cccc1Cl. The molecule has 2 amide bonds. The lowest BCUT2D eigenvalue weighted by Gasteiger charge is -2.10. The number of carbonyl (C=O) groups is 1. The van der Waals surface area contributed by atoms with Gasteiger partial charge in [-0.3, -0.25) is 5.43 Å². The van der Waals surface area contributed by atoms with Gasteiger partial charge in [0.05, 0.1) is 15.7 Å². The molecule has 7 heteroatoms. The van der Waals surface area contributed by atoms with Crippen LogP contribution in [0.5, 0.6) is 0 Å². The van der Waals surface area contributed by atoms with Crippen molar-refractivity contribution in [1.82, 2.24) is 5.43 Å². The second kappa shape index (κ2) is 7.24. The van der Waals surface area contributed by atoms with Crippen LogP contribution in [0.2, 0.25) is 10.0 Å². The predicted octanol–water partition coefficient (Wildman–Crippen LogP) is 5.43. The summed E-state index contributed by atoms with van der Waals surface area (Å²) >= 11 is 12.1. The molecule has 0 radical (unpaired) electrons. The fraction of sp³-hybridized carbons (Fsp3) is 0.133. The molecule has 2 rings (SSSR count). The third-order valence-corrected chi connectivity index (χ3v) is 3.57. The number of hydrazine groups is 1. The Balaban J connectivity index is 2.03. The van der Waals surface area contributed by atoms with Gasteiger partial charge < -0.3 is 0 Å². The number of benzene rings is 2. The van der Waals surface area contributed by atoms with Gasteiger partial charge in [0, 0.05) is 0 Å². The number of hydrogen-bond donors (Lipinski definition) is 2. The summed E-state index contributed by atoms with van der Waals surface area (Å²) in [7, 11) is 0. The van der Waals surface area contributed by atoms with E-state index in [9.17, 15) is 4.79 Å². The molecular formula is C15H14Cl2N4O. The van der Waals surface area contributed by atoms with Crippen LogP contribution in [-0.2, 0) is 0 Å². The molecule has 114 valence electrons. The number of carbonyl (C=O) groups excluding carboxylic acids is 1. The largest absolute Gasteiger partial charge is 0.378 e. The van der Waals surface area contributed by atoms with Crippen LogP contribution in [0, 0.1) is 13.8 Å². The molecule has 0 saturated heterocycles. The molecule has 0 bridgehead atoms. The van der Waals surface area contributed by atoms with Crippen LogP contribution in [0.4, 0.5) is 16.2 Å². The summed E-state index contributed by atoms with van der Waals surface area (Å²) < 4.78 is 0. The molecule has 0 saturated carbocycles. The first-order valence-electron chi connectivity index (χ1n) is 6.47. The first kappa shape index (κ1) is 16.3. The third kappa shape index (κ3) is 3.96. The highest BCUT2D eigenvalue weighted by Crippen LogP contribution is 2.28. The minimum Gasteiger partial charge on any atom is -0.295 e. The number of halogens is 2. The number of nitrogens with zero attached hydrogens (tertiary/aromatic N) is 2. The number of anilines is 1. The van der Waals surface area contributed by atoms with Crippen molar-refractivity contribution in [2.75, 3.05) is 5.43 Å². The maximum Gasteiger partial charge on any atom is 0.378 e. The average Bonchev–Trinajstić information content (AvgIpc) is 2.46. The normalized spacial score (nSPS) is 10.7. The average molecular weight is 337 g/mol. The Morgan fingerprint density at radius 1 is 1.00 bits per heavy atom. The smallest absolute Gasteiger partial charge is 0.295 e. The van der Waals surface area contributed by atoms with Gasteiger partial charge in [-0.1, -0.05) is 52.6 Å². The summed E-state index contributed by atoms with van der Waals surface area (Å²) in [6.07, 6.45) is 0. The van der Waals surface area contributed by atoms with E-state index in [0.29, 0.717) is 21.4 Å². The van der Waals surface area contributed by atoms with Gasteiger partial charge >= 0.3 is 6.03 Å². The minimum absolute atomic E-state index is 0.437. The molecule has 0 aliphatic carbocycles. The van der Waals surface area contributed by atoms with E-state index < -0.39 is 6.03 Å². The zero-order valence-corrected chi connectivity index (χ0v) is 13.5. The van der Waals surface area contributed by atoms with Crippen LogP contribution in [0.3, 0.4) is 0 Å². The van der Waals surface area contributed by atoms with Crippen LogP contribution >= 0.6 is 23.2 Å². The van der Waals surface area contributed by atoms with Gasteiger partial charge in [-0.05, 0) is 37.1 Å². The molecule has 0 atom stereocenters. The van der Waals surface area contributed by atoms with E-state index in [1.54, 1.807) is 18.2 Å². The molecule has 0 aliphatic heterocycles. The number of urea groups is 1. The predicted molar refractivity (Wildman–Crippen MR) is 89.0 cm³/mol. The Labute approximate surface area is 138 Å². The van der Waals surface area contributed by atoms with Gasteiger partial charge in [0.1, 0.15) is 5.69 Å². The molecule has 0 aromatic heterocycles. The fourth-order valence-corrected chi connectivity index (χ4v) is 2.31. The van der Waals surface area contributed by atoms with Gasteiger partial charge in [-0.15, -0.1) is 5.11 Å². The van der Waals surface area contributed by atoms with Gasteiger partial charge in [-0.25, -0.2) is 10.2 Å². The van der Waals surface area contributed by atoms with E-state index >= 15 is 0 Å². The van der Waals surface area contributed by atoms with Crippen molar-refractivity contribution >= 4 is 40.6 Å². The van der Waals surface area contributed by atoms with E-state index in [1.807, 2.05) is 32.0 Å². The van der Waals surface area contributed by atoms with Crippen LogP contribution in [-0.4, -0.2) is 6.03 Å². The Hall–Kier alpha value is -2.11. The topological polar surface area (TPSA) is 65.8 Å². The van der Waals surface area contributed by atoms with Crippen LogP contribution in [0.15, 0.2) is 46.6 Å². The van der Waals surface area contributed by atoms with Crippen molar-refractivity contribution in [2.24, 2.45) is 10.2 Å². The zero-order valence-electron chi connectivity index (χ0n) is 12.0. The fourth-order valence-electron chi connectivity index (χ4n) is 1.78. The second-order valence-electron chi connectivity index (χ2n) is 4.59. The molecule has 2 N–H and O–H groups in total. The quantitative estimate of drug-likeness (QED) is 0.579. The lowest BCUT2D eigenvalue weighted by atomic mass is 10.2. The van der Waals surface area contributed by atoms with E-state index in [0.717, 1.165) is 11.1 Å². The Bertz CT molecular complexity index is 691. The number of aryl methyl sites for hydroxylation is 2. The first-order valence-corrected chi connectivity index (χ1v) is 7.22. The lowest BCUT2D eigenvalue weighted by Crippen LogP contribution is -2.26. The van der Waals surface area contributed by atoms with E-state index in [1.165, 1.54) is 0 Å². The van der Waals surface area contributed by atoms with Crippen LogP contribution < -0.4 is 10.9 Å². The highest BCUT2D eigenvalue weighted by Gasteiger charge is 2.06. The summed E-state index contributed by atoms with van der Waals surface area (Å²) in [5.74, 6) is 0. The highest BCUT2D eigenvalue weighted by atomic mass is 35.5. The monoisotopic (exact) mass is 336 g/mol. The number of azo groups is 1. The van der Waals surface area contributed by atoms with Crippen molar-refractivity contribution in [3.63, 3.8) is 0 Å². The number of amides is 2. The second-order valence-corrected chi connectivity index (χ2v) is 5.41. The summed E-state index contributed by atoms with van der Waals surface area (Å²) in [6.45, 7) is 3.71. The first-order chi connectivity index (χ1) is 10.5. The van der Waals surface area contributed by atoms with E-state index in [2.05, 4.69) is 21.1 Å². The van der Waals surface area contributed by atoms with Crippen LogP contribution in [0.25, 0.3) is 0 Å². The van der Waals surface area contributed by atoms with Crippen molar-refractivity contribution in [3.8, 4) is 0 Å². The van der Waals surface area contributed by atoms with Gasteiger partial charge in [0.25, 0.3) is 0 Å². The van der Waals surface area contributed by atoms with Gasteiger partial charge in [0.2, 0.25) is 0 Å². The molecule has 0 spiro atoms. The standard InChI is InChI=1S/C15H14Cl2N4O/c1-9-5-3-7-11(16)13(9)18-20-15(22)21-19-14-10(2)6-4-8-12(14)17/h3-8,18H,1-2H3,(H,20,22). The van der Waals surface area contributed by atoms with Gasteiger partial charge in [0.15, 0.2) is 0 Å². The minimum atomic E-state index is -0.654. The molecule has 0 unspecified atom stereocenters. The molecule has 0 fully saturated rings. The number of nitrogens with one attached hydrogen (secondary N) is 2. The van der Waals surface area contributed by atoms with Gasteiger partial charge in [-0.2, -0.15) is 0 Å². The maximum absolute atomic E-state index is 11.7. The molecule has 0 aliphatic rings. The Morgan fingerprint density at radius 2 is 1.64 bits per heavy atom. The van der Waals surface area contributed by atoms with Crippen molar-refractivity contribution in [3.05, 3.63) is 57.6 Å². The van der Waals surface area contributed by atoms with Crippen LogP contribution in [0.1, 0.15) is 11.1 Å². The van der Waals surface area contributed by atoms with E-state index in [4.69, 9.17) is 23.2 Å². The van der Waals surface area contributed by atoms with Crippen molar-refractivity contribution in [1.29, 1.82) is 0 Å². The Morgan fingerprint density at radius 3 is 2.27 bits per heavy atom. The molecule has 0 heterocycles. The van der Waals surface area contributed by atoms with Crippen molar-refractivity contribution in [2.45, 2.75) is 13.8 Å². The Kier molecular flexibility index (Phi) is 5.35. The highest BCUT2D eigenvalue weighted by molar-refractivity contribution is 6.33. The summed E-state index contributed by atoms with van der Waals surface area (Å²) in [5, 5.41) is 8.38. The summed E-state index contributed by atoms with van der Waals surface area (Å²) in [5.41, 5.74) is 7.95. The maximum atomic E-state index is 11.7. The molecule has 5 nitrogen and oxygen atoms in total. The third-order valence-electron chi connectivity index (χ3n) is 2.95. The molecule has 2 aromatic carbocycles. The zero-order chi connectivity index (χ0) is 16.1. The summed E-state index contributed by atoms with van der Waals surface area (Å²) in [6, 6.07) is 10.1. The van der Waals surface area contributed by atoms with E-state index in [-0.39, 0.29) is 0 Å². The lowest BCUT2D eigenvalue weighted by molar-refractivity contribution is 0.249. The molecule has 22 heavy (non-hydrogen) atoms. The van der Waals surface area contributed by atoms with Crippen molar-refractivity contribution < 1.29 is 4.79 Å². The number of hydrogen-bond acceptors (Lipinski definition) is 3. The number of para-hydroxylation sites is 1. The number of rotatable bonds is 3.